The topological polar surface area (TPSA) is 116 Å². The van der Waals surface area contributed by atoms with E-state index in [0.717, 1.165) is 0 Å². The van der Waals surface area contributed by atoms with Crippen LogP contribution in [0.5, 0.6) is 0 Å². The summed E-state index contributed by atoms with van der Waals surface area (Å²) in [5.74, 6) is -0.783. The maximum atomic E-state index is 13.2. The molecule has 1 N–H and O–H groups in total. The van der Waals surface area contributed by atoms with Crippen LogP contribution in [0.15, 0.2) is 24.3 Å². The summed E-state index contributed by atoms with van der Waals surface area (Å²) in [4.78, 5) is 41.4. The monoisotopic (exact) mass is 464 g/mol. The summed E-state index contributed by atoms with van der Waals surface area (Å²) >= 11 is 0. The second kappa shape index (κ2) is 8.80. The summed E-state index contributed by atoms with van der Waals surface area (Å²) in [6.45, 7) is 3.37. The summed E-state index contributed by atoms with van der Waals surface area (Å²) in [5.41, 5.74) is 0.233. The molecule has 1 aromatic carbocycles. The normalized spacial score (nSPS) is 23.8. The molecule has 0 aliphatic carbocycles. The van der Waals surface area contributed by atoms with Gasteiger partial charge in [0.15, 0.2) is 0 Å². The van der Waals surface area contributed by atoms with Gasteiger partial charge >= 0.3 is 0 Å². The van der Waals surface area contributed by atoms with Gasteiger partial charge in [-0.3, -0.25) is 19.3 Å². The van der Waals surface area contributed by atoms with Crippen LogP contribution in [0.4, 0.5) is 5.69 Å². The standard InChI is InChI=1S/C21H28N4O6S/c1-21-8-6-19(27)25(21)17-5-3-2-4-16(17)20(28)24(21)10-7-18(26)22-9-15-32(29,30)23-11-13-31-14-12-23/h2-5H,6-15H2,1H3,(H,22,26). The molecule has 2 fully saturated rings. The lowest BCUT2D eigenvalue weighted by molar-refractivity contribution is -0.121. The van der Waals surface area contributed by atoms with Gasteiger partial charge < -0.3 is 15.0 Å². The molecule has 1 aromatic rings. The molecular weight excluding hydrogens is 436 g/mol. The Hall–Kier alpha value is -2.50. The smallest absolute Gasteiger partial charge is 0.257 e. The molecule has 3 aliphatic heterocycles. The van der Waals surface area contributed by atoms with Crippen LogP contribution >= 0.6 is 0 Å². The first-order valence-electron chi connectivity index (χ1n) is 10.8. The Bertz CT molecular complexity index is 1020. The Kier molecular flexibility index (Phi) is 6.24. The van der Waals surface area contributed by atoms with E-state index in [1.54, 1.807) is 34.1 Å². The first-order chi connectivity index (χ1) is 15.2. The number of hydrogen-bond donors (Lipinski definition) is 1. The zero-order valence-electron chi connectivity index (χ0n) is 18.1. The van der Waals surface area contributed by atoms with E-state index >= 15 is 0 Å². The molecule has 3 aliphatic rings. The van der Waals surface area contributed by atoms with Crippen molar-refractivity contribution in [2.45, 2.75) is 31.8 Å². The lowest BCUT2D eigenvalue weighted by Crippen LogP contribution is -2.62. The third-order valence-corrected chi connectivity index (χ3v) is 8.23. The summed E-state index contributed by atoms with van der Waals surface area (Å²) in [5, 5.41) is 2.64. The van der Waals surface area contributed by atoms with Crippen molar-refractivity contribution < 1.29 is 27.5 Å². The minimum atomic E-state index is -3.45. The number of carbonyl (C=O) groups is 3. The van der Waals surface area contributed by atoms with Crippen molar-refractivity contribution in [2.75, 3.05) is 50.0 Å². The number of fused-ring (bicyclic) bond motifs is 3. The van der Waals surface area contributed by atoms with Gasteiger partial charge in [0.05, 0.1) is 30.2 Å². The van der Waals surface area contributed by atoms with Gasteiger partial charge in [0.25, 0.3) is 5.91 Å². The van der Waals surface area contributed by atoms with Crippen LogP contribution in [0.3, 0.4) is 0 Å². The number of rotatable bonds is 7. The highest BCUT2D eigenvalue weighted by Crippen LogP contribution is 2.43. The fourth-order valence-corrected chi connectivity index (χ4v) is 5.94. The van der Waals surface area contributed by atoms with Crippen molar-refractivity contribution >= 4 is 33.4 Å². The third kappa shape index (κ3) is 4.12. The van der Waals surface area contributed by atoms with Gasteiger partial charge in [0.1, 0.15) is 5.66 Å². The second-order valence-corrected chi connectivity index (χ2v) is 10.4. The maximum absolute atomic E-state index is 13.2. The molecule has 174 valence electrons. The van der Waals surface area contributed by atoms with Crippen LogP contribution in [0.25, 0.3) is 0 Å². The van der Waals surface area contributed by atoms with Crippen LogP contribution in [0, 0.1) is 0 Å². The van der Waals surface area contributed by atoms with E-state index < -0.39 is 15.7 Å². The lowest BCUT2D eigenvalue weighted by Gasteiger charge is -2.48. The zero-order chi connectivity index (χ0) is 22.9. The molecule has 1 atom stereocenters. The van der Waals surface area contributed by atoms with Gasteiger partial charge in [0, 0.05) is 39.0 Å². The molecular formula is C21H28N4O6S. The van der Waals surface area contributed by atoms with Crippen molar-refractivity contribution in [3.05, 3.63) is 29.8 Å². The van der Waals surface area contributed by atoms with E-state index in [1.807, 2.05) is 6.92 Å². The second-order valence-electron chi connectivity index (χ2n) is 8.35. The highest BCUT2D eigenvalue weighted by atomic mass is 32.2. The van der Waals surface area contributed by atoms with Crippen LogP contribution in [-0.4, -0.2) is 86.2 Å². The predicted molar refractivity (Wildman–Crippen MR) is 116 cm³/mol. The number of morpholine rings is 1. The highest BCUT2D eigenvalue weighted by Gasteiger charge is 2.52. The average Bonchev–Trinajstić information content (AvgIpc) is 3.09. The van der Waals surface area contributed by atoms with E-state index in [2.05, 4.69) is 5.32 Å². The van der Waals surface area contributed by atoms with Gasteiger partial charge in [-0.1, -0.05) is 12.1 Å². The quantitative estimate of drug-likeness (QED) is 0.614. The lowest BCUT2D eigenvalue weighted by atomic mass is 9.98. The van der Waals surface area contributed by atoms with Gasteiger partial charge in [-0.2, -0.15) is 4.31 Å². The summed E-state index contributed by atoms with van der Waals surface area (Å²) in [6, 6.07) is 7.01. The van der Waals surface area contributed by atoms with Crippen LogP contribution in [0.1, 0.15) is 36.5 Å². The van der Waals surface area contributed by atoms with Crippen LogP contribution < -0.4 is 10.2 Å². The Morgan fingerprint density at radius 2 is 1.91 bits per heavy atom. The van der Waals surface area contributed by atoms with Gasteiger partial charge in [-0.05, 0) is 25.5 Å². The third-order valence-electron chi connectivity index (χ3n) is 6.35. The molecule has 0 spiro atoms. The largest absolute Gasteiger partial charge is 0.379 e. The molecule has 11 heteroatoms. The Morgan fingerprint density at radius 3 is 2.66 bits per heavy atom. The minimum Gasteiger partial charge on any atom is -0.379 e. The average molecular weight is 465 g/mol. The van der Waals surface area contributed by atoms with Crippen molar-refractivity contribution in [3.8, 4) is 0 Å². The molecule has 0 bridgehead atoms. The van der Waals surface area contributed by atoms with Crippen LogP contribution in [-0.2, 0) is 24.3 Å². The van der Waals surface area contributed by atoms with Gasteiger partial charge in [-0.25, -0.2) is 8.42 Å². The molecule has 4 rings (SSSR count). The molecule has 2 saturated heterocycles. The van der Waals surface area contributed by atoms with E-state index in [9.17, 15) is 22.8 Å². The molecule has 0 radical (unpaired) electrons. The Labute approximate surface area is 187 Å². The molecule has 32 heavy (non-hydrogen) atoms. The SMILES string of the molecule is CC12CCC(=O)N1c1ccccc1C(=O)N2CCC(=O)NCCS(=O)(=O)N1CCOCC1. The van der Waals surface area contributed by atoms with Gasteiger partial charge in [0.2, 0.25) is 21.8 Å². The molecule has 10 nitrogen and oxygen atoms in total. The number of ether oxygens (including phenoxy) is 1. The Balaban J connectivity index is 1.36. The maximum Gasteiger partial charge on any atom is 0.257 e. The number of anilines is 1. The summed E-state index contributed by atoms with van der Waals surface area (Å²) in [6.07, 6.45) is 0.842. The number of carbonyl (C=O) groups excluding carboxylic acids is 3. The van der Waals surface area contributed by atoms with E-state index in [-0.39, 0.29) is 43.0 Å². The van der Waals surface area contributed by atoms with E-state index in [1.165, 1.54) is 4.31 Å². The van der Waals surface area contributed by atoms with Crippen molar-refractivity contribution in [1.82, 2.24) is 14.5 Å². The number of nitrogens with zero attached hydrogens (tertiary/aromatic N) is 3. The van der Waals surface area contributed by atoms with Crippen molar-refractivity contribution in [3.63, 3.8) is 0 Å². The number of para-hydroxylation sites is 1. The van der Waals surface area contributed by atoms with E-state index in [0.29, 0.717) is 50.4 Å². The van der Waals surface area contributed by atoms with Crippen molar-refractivity contribution in [1.29, 1.82) is 0 Å². The highest BCUT2D eigenvalue weighted by molar-refractivity contribution is 7.89. The first-order valence-corrected chi connectivity index (χ1v) is 12.4. The molecule has 0 aromatic heterocycles. The summed E-state index contributed by atoms with van der Waals surface area (Å²) in [7, 11) is -3.45. The molecule has 3 amide bonds. The van der Waals surface area contributed by atoms with Crippen LogP contribution in [0.2, 0.25) is 0 Å². The predicted octanol–water partition coefficient (Wildman–Crippen LogP) is 0.154. The minimum absolute atomic E-state index is 0.00280. The number of sulfonamides is 1. The molecule has 0 saturated carbocycles. The molecule has 1 unspecified atom stereocenters. The van der Waals surface area contributed by atoms with Crippen molar-refractivity contribution in [2.24, 2.45) is 0 Å². The molecule has 3 heterocycles. The van der Waals surface area contributed by atoms with E-state index in [4.69, 9.17) is 4.74 Å². The van der Waals surface area contributed by atoms with Gasteiger partial charge in [-0.15, -0.1) is 0 Å². The number of amides is 3. The number of nitrogens with one attached hydrogen (secondary N) is 1. The number of hydrogen-bond acceptors (Lipinski definition) is 6. The fourth-order valence-electron chi connectivity index (χ4n) is 4.62. The first kappa shape index (κ1) is 22.7. The number of benzene rings is 1. The summed E-state index contributed by atoms with van der Waals surface area (Å²) < 4.78 is 31.3. The fraction of sp³-hybridized carbons (Fsp3) is 0.571. The zero-order valence-corrected chi connectivity index (χ0v) is 18.9. The Morgan fingerprint density at radius 1 is 1.19 bits per heavy atom.